The molecule has 2 heteroatoms. The molecule has 0 aliphatic carbocycles. The van der Waals surface area contributed by atoms with Crippen LogP contribution in [0.3, 0.4) is 0 Å². The molecule has 0 bridgehead atoms. The normalized spacial score (nSPS) is 12.0. The monoisotopic (exact) mass is 920 g/mol. The van der Waals surface area contributed by atoms with Crippen molar-refractivity contribution in [1.82, 2.24) is 0 Å². The standard InChI is InChI=1S/C68H40S2/c1-4-20-41(21-5-1)44-36-37-52-55(38-44)61(43-24-8-3-9-25-43)48-28-12-15-31-51(48)64(52)57-40-45-39-56(63-49-29-13-10-26-46(49)60(42-22-6-2-7-23-42)47-27-11-14-30-50(47)63)67-65(53-32-16-18-34-58(53)69-67)62(45)66-54-33-17-19-35-59(54)70-68(57)66/h1-40H. The van der Waals surface area contributed by atoms with Gasteiger partial charge in [0, 0.05) is 56.9 Å². The van der Waals surface area contributed by atoms with Gasteiger partial charge < -0.3 is 0 Å². The molecule has 0 nitrogen and oxygen atoms in total. The zero-order valence-electron chi connectivity index (χ0n) is 37.9. The molecule has 0 unspecified atom stereocenters. The first-order valence-electron chi connectivity index (χ1n) is 24.1. The Labute approximate surface area is 412 Å². The average Bonchev–Trinajstić information content (AvgIpc) is 4.02. The van der Waals surface area contributed by atoms with Crippen LogP contribution in [0.2, 0.25) is 0 Å². The Hall–Kier alpha value is -8.40. The van der Waals surface area contributed by atoms with Crippen LogP contribution >= 0.6 is 22.7 Å². The molecule has 0 saturated heterocycles. The quantitative estimate of drug-likeness (QED) is 0.151. The van der Waals surface area contributed by atoms with E-state index in [1.165, 1.54) is 150 Å². The number of rotatable bonds is 5. The van der Waals surface area contributed by atoms with E-state index in [0.717, 1.165) is 0 Å². The Morgan fingerprint density at radius 3 is 1.00 bits per heavy atom. The van der Waals surface area contributed by atoms with Crippen molar-refractivity contribution < 1.29 is 0 Å². The van der Waals surface area contributed by atoms with E-state index in [-0.39, 0.29) is 0 Å². The maximum absolute atomic E-state index is 2.57. The fourth-order valence-electron chi connectivity index (χ4n) is 11.9. The third-order valence-corrected chi connectivity index (χ3v) is 17.2. The summed E-state index contributed by atoms with van der Waals surface area (Å²) in [5.41, 5.74) is 12.6. The van der Waals surface area contributed by atoms with Crippen molar-refractivity contribution in [3.05, 3.63) is 243 Å². The van der Waals surface area contributed by atoms with E-state index in [1.807, 2.05) is 22.7 Å². The lowest BCUT2D eigenvalue weighted by Crippen LogP contribution is -1.93. The second kappa shape index (κ2) is 15.6. The van der Waals surface area contributed by atoms with E-state index in [2.05, 4.69) is 243 Å². The van der Waals surface area contributed by atoms with Gasteiger partial charge in [-0.15, -0.1) is 22.7 Å². The molecule has 13 aromatic carbocycles. The highest BCUT2D eigenvalue weighted by Gasteiger charge is 2.26. The summed E-state index contributed by atoms with van der Waals surface area (Å²) >= 11 is 3.88. The average molecular weight is 921 g/mol. The lowest BCUT2D eigenvalue weighted by Gasteiger charge is -2.21. The predicted molar refractivity (Wildman–Crippen MR) is 307 cm³/mol. The summed E-state index contributed by atoms with van der Waals surface area (Å²) < 4.78 is 5.27. The summed E-state index contributed by atoms with van der Waals surface area (Å²) in [6.07, 6.45) is 0. The predicted octanol–water partition coefficient (Wildman–Crippen LogP) is 20.5. The van der Waals surface area contributed by atoms with Crippen LogP contribution in [0.25, 0.3) is 150 Å². The zero-order chi connectivity index (χ0) is 45.9. The minimum atomic E-state index is 1.21. The summed E-state index contributed by atoms with van der Waals surface area (Å²) in [5.74, 6) is 0. The molecular formula is C68H40S2. The van der Waals surface area contributed by atoms with Crippen molar-refractivity contribution in [2.24, 2.45) is 0 Å². The lowest BCUT2D eigenvalue weighted by atomic mass is 9.82. The highest BCUT2D eigenvalue weighted by molar-refractivity contribution is 7.27. The van der Waals surface area contributed by atoms with Gasteiger partial charge in [-0.25, -0.2) is 0 Å². The van der Waals surface area contributed by atoms with E-state index in [9.17, 15) is 0 Å². The van der Waals surface area contributed by atoms with Crippen molar-refractivity contribution in [2.75, 3.05) is 0 Å². The molecule has 0 radical (unpaired) electrons. The molecule has 15 aromatic rings. The van der Waals surface area contributed by atoms with Crippen LogP contribution < -0.4 is 0 Å². The molecule has 324 valence electrons. The van der Waals surface area contributed by atoms with Crippen molar-refractivity contribution in [3.8, 4) is 55.6 Å². The van der Waals surface area contributed by atoms with Crippen LogP contribution in [0.1, 0.15) is 0 Å². The Kier molecular flexibility index (Phi) is 8.80. The molecular weight excluding hydrogens is 881 g/mol. The number of benzene rings is 13. The fourth-order valence-corrected chi connectivity index (χ4v) is 14.4. The maximum atomic E-state index is 2.57. The first kappa shape index (κ1) is 39.6. The zero-order valence-corrected chi connectivity index (χ0v) is 39.5. The molecule has 15 rings (SSSR count). The van der Waals surface area contributed by atoms with E-state index in [0.29, 0.717) is 0 Å². The van der Waals surface area contributed by atoms with Crippen molar-refractivity contribution in [3.63, 3.8) is 0 Å². The Balaban J connectivity index is 1.14. The number of fused-ring (bicyclic) bond motifs is 13. The number of hydrogen-bond acceptors (Lipinski definition) is 2. The maximum Gasteiger partial charge on any atom is 0.0440 e. The van der Waals surface area contributed by atoms with Crippen LogP contribution in [0.4, 0.5) is 0 Å². The van der Waals surface area contributed by atoms with Gasteiger partial charge in [-0.05, 0) is 123 Å². The van der Waals surface area contributed by atoms with Crippen LogP contribution in [0.5, 0.6) is 0 Å². The molecule has 0 N–H and O–H groups in total. The van der Waals surface area contributed by atoms with E-state index in [4.69, 9.17) is 0 Å². The van der Waals surface area contributed by atoms with Crippen molar-refractivity contribution in [2.45, 2.75) is 0 Å². The van der Waals surface area contributed by atoms with E-state index < -0.39 is 0 Å². The second-order valence-corrected chi connectivity index (χ2v) is 20.7. The summed E-state index contributed by atoms with van der Waals surface area (Å²) in [6.45, 7) is 0. The topological polar surface area (TPSA) is 0 Å². The smallest absolute Gasteiger partial charge is 0.0440 e. The molecule has 0 saturated carbocycles. The molecule has 0 aliphatic heterocycles. The molecule has 0 aliphatic rings. The molecule has 0 fully saturated rings. The third-order valence-electron chi connectivity index (χ3n) is 14.8. The van der Waals surface area contributed by atoms with Crippen LogP contribution in [0.15, 0.2) is 243 Å². The van der Waals surface area contributed by atoms with Gasteiger partial charge in [-0.1, -0.05) is 212 Å². The molecule has 2 aromatic heterocycles. The first-order chi connectivity index (χ1) is 34.8. The van der Waals surface area contributed by atoms with Gasteiger partial charge in [0.05, 0.1) is 0 Å². The molecule has 2 heterocycles. The van der Waals surface area contributed by atoms with Gasteiger partial charge in [0.15, 0.2) is 0 Å². The van der Waals surface area contributed by atoms with Gasteiger partial charge in [0.1, 0.15) is 0 Å². The van der Waals surface area contributed by atoms with Gasteiger partial charge in [-0.2, -0.15) is 0 Å². The van der Waals surface area contributed by atoms with Crippen molar-refractivity contribution >= 4 is 117 Å². The second-order valence-electron chi connectivity index (χ2n) is 18.5. The largest absolute Gasteiger partial charge is 0.135 e. The Morgan fingerprint density at radius 1 is 0.214 bits per heavy atom. The Bertz CT molecular complexity index is 4560. The molecule has 0 atom stereocenters. The minimum absolute atomic E-state index is 1.21. The first-order valence-corrected chi connectivity index (χ1v) is 25.7. The third kappa shape index (κ3) is 5.82. The Morgan fingerprint density at radius 2 is 0.557 bits per heavy atom. The molecule has 0 spiro atoms. The summed E-state index contributed by atoms with van der Waals surface area (Å²) in [7, 11) is 0. The SMILES string of the molecule is c1ccc(-c2ccc3c(-c4cc5cc(-c6c7ccccc7c(-c7ccccc7)c7ccccc67)c6sc7ccccc7c6c5c5c4sc4ccccc45)c4ccccc4c(-c4ccccc4)c3c2)cc1. The number of hydrogen-bond donors (Lipinski definition) is 0. The fraction of sp³-hybridized carbons (Fsp3) is 0. The van der Waals surface area contributed by atoms with Gasteiger partial charge in [0.2, 0.25) is 0 Å². The van der Waals surface area contributed by atoms with Gasteiger partial charge >= 0.3 is 0 Å². The van der Waals surface area contributed by atoms with Crippen LogP contribution in [-0.2, 0) is 0 Å². The summed E-state index contributed by atoms with van der Waals surface area (Å²) in [5, 5.41) is 18.0. The molecule has 70 heavy (non-hydrogen) atoms. The summed E-state index contributed by atoms with van der Waals surface area (Å²) in [4.78, 5) is 0. The van der Waals surface area contributed by atoms with Crippen molar-refractivity contribution in [1.29, 1.82) is 0 Å². The summed E-state index contributed by atoms with van der Waals surface area (Å²) in [6, 6.07) is 90.6. The van der Waals surface area contributed by atoms with E-state index in [1.54, 1.807) is 0 Å². The highest BCUT2D eigenvalue weighted by atomic mass is 32.1. The number of thiophene rings is 2. The highest BCUT2D eigenvalue weighted by Crippen LogP contribution is 2.55. The van der Waals surface area contributed by atoms with Gasteiger partial charge in [-0.3, -0.25) is 0 Å². The minimum Gasteiger partial charge on any atom is -0.135 e. The van der Waals surface area contributed by atoms with E-state index >= 15 is 0 Å². The lowest BCUT2D eigenvalue weighted by molar-refractivity contribution is 1.64. The molecule has 0 amide bonds. The van der Waals surface area contributed by atoms with Crippen LogP contribution in [-0.4, -0.2) is 0 Å². The van der Waals surface area contributed by atoms with Gasteiger partial charge in [0.25, 0.3) is 0 Å². The van der Waals surface area contributed by atoms with Crippen LogP contribution in [0, 0.1) is 0 Å².